The predicted molar refractivity (Wildman–Crippen MR) is 126 cm³/mol. The van der Waals surface area contributed by atoms with Crippen LogP contribution in [0.5, 0.6) is 0 Å². The average Bonchev–Trinajstić information content (AvgIpc) is 3.41. The predicted octanol–water partition coefficient (Wildman–Crippen LogP) is 2.90. The zero-order valence-electron chi connectivity index (χ0n) is 18.6. The molecule has 0 bridgehead atoms. The minimum absolute atomic E-state index is 0.00235. The van der Waals surface area contributed by atoms with Gasteiger partial charge in [0.1, 0.15) is 17.7 Å². The highest BCUT2D eigenvalue weighted by Gasteiger charge is 2.29. The van der Waals surface area contributed by atoms with Crippen LogP contribution in [-0.4, -0.2) is 42.6 Å². The first-order chi connectivity index (χ1) is 16.4. The van der Waals surface area contributed by atoms with E-state index in [2.05, 4.69) is 37.3 Å². The van der Waals surface area contributed by atoms with Gasteiger partial charge in [-0.3, -0.25) is 14.9 Å². The summed E-state index contributed by atoms with van der Waals surface area (Å²) in [6, 6.07) is 5.73. The van der Waals surface area contributed by atoms with Crippen molar-refractivity contribution in [2.75, 3.05) is 11.1 Å². The molecular formula is C23H24N8O3. The highest BCUT2D eigenvalue weighted by atomic mass is 16.4. The second kappa shape index (κ2) is 8.58. The van der Waals surface area contributed by atoms with E-state index in [9.17, 15) is 9.59 Å². The Hall–Kier alpha value is -4.28. The summed E-state index contributed by atoms with van der Waals surface area (Å²) in [6.07, 6.45) is 5.70. The monoisotopic (exact) mass is 460 g/mol. The van der Waals surface area contributed by atoms with E-state index in [-0.39, 0.29) is 35.5 Å². The molecule has 1 aromatic carbocycles. The Kier molecular flexibility index (Phi) is 5.44. The van der Waals surface area contributed by atoms with Crippen LogP contribution in [0.3, 0.4) is 0 Å². The lowest BCUT2D eigenvalue weighted by molar-refractivity contribution is -0.117. The number of nitrogens with one attached hydrogen (secondary N) is 2. The summed E-state index contributed by atoms with van der Waals surface area (Å²) in [5.41, 5.74) is 8.97. The number of anilines is 2. The van der Waals surface area contributed by atoms with Gasteiger partial charge in [-0.2, -0.15) is 10.1 Å². The van der Waals surface area contributed by atoms with Gasteiger partial charge >= 0.3 is 6.01 Å². The maximum absolute atomic E-state index is 13.2. The summed E-state index contributed by atoms with van der Waals surface area (Å²) >= 11 is 0. The molecule has 4 N–H and O–H groups in total. The number of amides is 2. The number of aromatic nitrogens is 5. The van der Waals surface area contributed by atoms with E-state index in [4.69, 9.17) is 10.2 Å². The first-order valence-corrected chi connectivity index (χ1v) is 11.0. The van der Waals surface area contributed by atoms with E-state index in [0.29, 0.717) is 22.1 Å². The number of aryl methyl sites for hydroxylation is 1. The van der Waals surface area contributed by atoms with Crippen molar-refractivity contribution in [3.63, 3.8) is 0 Å². The normalized spacial score (nSPS) is 18.1. The summed E-state index contributed by atoms with van der Waals surface area (Å²) in [5.74, 6) is -0.524. The fourth-order valence-electron chi connectivity index (χ4n) is 4.38. The van der Waals surface area contributed by atoms with Gasteiger partial charge in [0.25, 0.3) is 5.91 Å². The van der Waals surface area contributed by atoms with Crippen LogP contribution in [-0.2, 0) is 4.79 Å². The van der Waals surface area contributed by atoms with Crippen molar-refractivity contribution < 1.29 is 14.0 Å². The molecule has 34 heavy (non-hydrogen) atoms. The number of nitrogens with zero attached hydrogens (tertiary/aromatic N) is 5. The third-order valence-corrected chi connectivity index (χ3v) is 6.07. The Morgan fingerprint density at radius 1 is 1.24 bits per heavy atom. The topological polar surface area (TPSA) is 154 Å². The molecular weight excluding hydrogens is 436 g/mol. The largest absolute Gasteiger partial charge is 0.423 e. The van der Waals surface area contributed by atoms with Gasteiger partial charge in [-0.1, -0.05) is 12.6 Å². The summed E-state index contributed by atoms with van der Waals surface area (Å²) in [5, 5.41) is 10.6. The molecule has 0 radical (unpaired) electrons. The van der Waals surface area contributed by atoms with Gasteiger partial charge in [-0.05, 0) is 56.4 Å². The number of oxazole rings is 1. The van der Waals surface area contributed by atoms with Gasteiger partial charge < -0.3 is 15.5 Å². The number of hydrogen-bond donors (Lipinski definition) is 3. The number of nitrogens with two attached hydrogens (primary N) is 1. The first-order valence-electron chi connectivity index (χ1n) is 11.0. The van der Waals surface area contributed by atoms with Gasteiger partial charge in [0.05, 0.1) is 11.4 Å². The third kappa shape index (κ3) is 3.96. The van der Waals surface area contributed by atoms with E-state index in [0.717, 1.165) is 31.2 Å². The fourth-order valence-corrected chi connectivity index (χ4v) is 4.38. The molecule has 0 unspecified atom stereocenters. The molecule has 0 saturated heterocycles. The van der Waals surface area contributed by atoms with Crippen molar-refractivity contribution in [2.24, 2.45) is 0 Å². The standard InChI is InChI=1S/C23H24N8O3/c1-3-17(32)27-13-5-7-14(8-6-13)31-21-18(20(24)25-11-26-21)19(30-31)22(33)29-23-28-15-10-12(2)4-9-16(15)34-23/h3-4,9-11,13-14H,1,5-8H2,2H3,(H,27,32)(H2,24,25,26)(H,28,29,33)/t13-,14+. The maximum atomic E-state index is 13.2. The zero-order chi connectivity index (χ0) is 23.8. The van der Waals surface area contributed by atoms with Crippen LogP contribution in [0.1, 0.15) is 47.8 Å². The van der Waals surface area contributed by atoms with Crippen molar-refractivity contribution in [3.05, 3.63) is 48.4 Å². The molecule has 174 valence electrons. The molecule has 2 amide bonds. The van der Waals surface area contributed by atoms with Crippen LogP contribution in [0.25, 0.3) is 22.1 Å². The first kappa shape index (κ1) is 21.6. The highest BCUT2D eigenvalue weighted by Crippen LogP contribution is 2.33. The minimum atomic E-state index is -0.513. The summed E-state index contributed by atoms with van der Waals surface area (Å²) < 4.78 is 7.39. The molecule has 5 rings (SSSR count). The van der Waals surface area contributed by atoms with E-state index in [1.807, 2.05) is 19.1 Å². The second-order valence-electron chi connectivity index (χ2n) is 8.41. The Morgan fingerprint density at radius 2 is 2.03 bits per heavy atom. The van der Waals surface area contributed by atoms with Crippen molar-refractivity contribution in [1.29, 1.82) is 0 Å². The molecule has 3 aromatic heterocycles. The lowest BCUT2D eigenvalue weighted by Crippen LogP contribution is -2.37. The number of benzene rings is 1. The van der Waals surface area contributed by atoms with Crippen LogP contribution in [0.2, 0.25) is 0 Å². The van der Waals surface area contributed by atoms with Crippen molar-refractivity contribution in [1.82, 2.24) is 30.0 Å². The number of carbonyl (C=O) groups is 2. The van der Waals surface area contributed by atoms with Crippen LogP contribution in [0.4, 0.5) is 11.8 Å². The second-order valence-corrected chi connectivity index (χ2v) is 8.41. The lowest BCUT2D eigenvalue weighted by Gasteiger charge is -2.29. The average molecular weight is 460 g/mol. The quantitative estimate of drug-likeness (QED) is 0.384. The number of hydrogen-bond acceptors (Lipinski definition) is 8. The van der Waals surface area contributed by atoms with E-state index >= 15 is 0 Å². The Morgan fingerprint density at radius 3 is 2.79 bits per heavy atom. The molecule has 4 aromatic rings. The third-order valence-electron chi connectivity index (χ3n) is 6.07. The minimum Gasteiger partial charge on any atom is -0.423 e. The number of rotatable bonds is 5. The smallest absolute Gasteiger partial charge is 0.302 e. The molecule has 0 aliphatic heterocycles. The molecule has 11 heteroatoms. The van der Waals surface area contributed by atoms with Gasteiger partial charge in [-0.25, -0.2) is 14.6 Å². The number of nitrogen functional groups attached to an aromatic ring is 1. The maximum Gasteiger partial charge on any atom is 0.302 e. The SMILES string of the molecule is C=CC(=O)N[C@H]1CC[C@@H](n2nc(C(=O)Nc3nc4cc(C)ccc4o3)c3c(N)ncnc32)CC1. The van der Waals surface area contributed by atoms with Crippen LogP contribution < -0.4 is 16.4 Å². The summed E-state index contributed by atoms with van der Waals surface area (Å²) in [4.78, 5) is 37.5. The van der Waals surface area contributed by atoms with Crippen LogP contribution >= 0.6 is 0 Å². The zero-order valence-corrected chi connectivity index (χ0v) is 18.6. The van der Waals surface area contributed by atoms with E-state index in [1.54, 1.807) is 10.7 Å². The number of carbonyl (C=O) groups excluding carboxylic acids is 2. The van der Waals surface area contributed by atoms with Crippen molar-refractivity contribution in [3.8, 4) is 0 Å². The molecule has 0 spiro atoms. The highest BCUT2D eigenvalue weighted by molar-refractivity contribution is 6.12. The van der Waals surface area contributed by atoms with E-state index in [1.165, 1.54) is 12.4 Å². The summed E-state index contributed by atoms with van der Waals surface area (Å²) in [6.45, 7) is 5.45. The van der Waals surface area contributed by atoms with E-state index < -0.39 is 5.91 Å². The summed E-state index contributed by atoms with van der Waals surface area (Å²) in [7, 11) is 0. The molecule has 1 fully saturated rings. The Bertz CT molecular complexity index is 1410. The fraction of sp³-hybridized carbons (Fsp3) is 0.304. The van der Waals surface area contributed by atoms with Crippen LogP contribution in [0.15, 0.2) is 41.6 Å². The molecule has 1 aliphatic carbocycles. The molecule has 0 atom stereocenters. The van der Waals surface area contributed by atoms with Gasteiger partial charge in [-0.15, -0.1) is 0 Å². The molecule has 3 heterocycles. The van der Waals surface area contributed by atoms with Gasteiger partial charge in [0, 0.05) is 6.04 Å². The van der Waals surface area contributed by atoms with Crippen molar-refractivity contribution in [2.45, 2.75) is 44.7 Å². The number of fused-ring (bicyclic) bond motifs is 2. The van der Waals surface area contributed by atoms with Crippen molar-refractivity contribution >= 4 is 45.8 Å². The Labute approximate surface area is 194 Å². The molecule has 1 saturated carbocycles. The van der Waals surface area contributed by atoms with Gasteiger partial charge in [0.15, 0.2) is 16.9 Å². The van der Waals surface area contributed by atoms with Crippen LogP contribution in [0, 0.1) is 6.92 Å². The molecule has 1 aliphatic rings. The lowest BCUT2D eigenvalue weighted by atomic mass is 9.91. The molecule has 11 nitrogen and oxygen atoms in total. The Balaban J connectivity index is 1.42. The van der Waals surface area contributed by atoms with Gasteiger partial charge in [0.2, 0.25) is 5.91 Å².